The van der Waals surface area contributed by atoms with Crippen LogP contribution < -0.4 is 16.9 Å². The number of nitrogen functional groups attached to an aromatic ring is 2. The first-order valence-corrected chi connectivity index (χ1v) is 41.3. The number of rotatable bonds is 14. The van der Waals surface area contributed by atoms with Crippen LogP contribution in [-0.2, 0) is 0 Å². The molecule has 0 saturated heterocycles. The fourth-order valence-corrected chi connectivity index (χ4v) is 13.8. The van der Waals surface area contributed by atoms with E-state index in [0.717, 1.165) is 110 Å². The van der Waals surface area contributed by atoms with Gasteiger partial charge in [0.1, 0.15) is 11.5 Å². The van der Waals surface area contributed by atoms with Gasteiger partial charge < -0.3 is 31.7 Å². The molecule has 580 valence electrons. The Morgan fingerprint density at radius 1 is 0.351 bits per heavy atom. The van der Waals surface area contributed by atoms with E-state index in [-0.39, 0.29) is 34.6 Å². The van der Waals surface area contributed by atoms with Crippen LogP contribution in [0, 0.1) is 69.2 Å². The number of aromatic hydroxyl groups is 2. The van der Waals surface area contributed by atoms with Crippen LogP contribution in [0.3, 0.4) is 0 Å². The lowest BCUT2D eigenvalue weighted by Gasteiger charge is -2.08. The topological polar surface area (TPSA) is 227 Å². The molecule has 0 aliphatic heterocycles. The number of phenols is 2. The molecule has 2 aromatic heterocycles. The number of aryl methyl sites for hydroxylation is 10. The monoisotopic (exact) mass is 1740 g/mol. The van der Waals surface area contributed by atoms with E-state index in [1.54, 1.807) is 44.2 Å². The summed E-state index contributed by atoms with van der Waals surface area (Å²) >= 11 is 12.6. The molecule has 8 N–H and O–H groups in total. The summed E-state index contributed by atoms with van der Waals surface area (Å²) in [5.74, 6) is 0.876. The van der Waals surface area contributed by atoms with Gasteiger partial charge in [0.25, 0.3) is 0 Å². The Hall–Kier alpha value is -10.8. The van der Waals surface area contributed by atoms with Crippen molar-refractivity contribution >= 4 is 116 Å². The number of carbonyl (C=O) groups is 4. The van der Waals surface area contributed by atoms with Gasteiger partial charge in [-0.25, -0.2) is 9.97 Å². The third kappa shape index (κ3) is 26.1. The first-order chi connectivity index (χ1) is 54.4. The van der Waals surface area contributed by atoms with E-state index in [1.165, 1.54) is 61.6 Å². The second kappa shape index (κ2) is 42.9. The van der Waals surface area contributed by atoms with Crippen LogP contribution in [0.4, 0.5) is 10.3 Å². The van der Waals surface area contributed by atoms with E-state index < -0.39 is 7.12 Å². The predicted octanol–water partition coefficient (Wildman–Crippen LogP) is 24.1. The lowest BCUT2D eigenvalue weighted by Crippen LogP contribution is -2.29. The molecule has 0 saturated carbocycles. The number of phenolic OH excluding ortho intramolecular Hbond substituents is 2. The highest BCUT2D eigenvalue weighted by atomic mass is 79.9. The first kappa shape index (κ1) is 88.8. The number of thiazole rings is 2. The molecule has 0 atom stereocenters. The summed E-state index contributed by atoms with van der Waals surface area (Å²) in [4.78, 5) is 54.7. The molecule has 114 heavy (non-hydrogen) atoms. The lowest BCUT2D eigenvalue weighted by molar-refractivity contribution is 0.100. The summed E-state index contributed by atoms with van der Waals surface area (Å²) < 4.78 is 0.952. The normalized spacial score (nSPS) is 10.3. The molecular formula is C96H92BBr3N4O8S2. The minimum atomic E-state index is -1.35. The van der Waals surface area contributed by atoms with Crippen molar-refractivity contribution in [1.82, 2.24) is 9.97 Å². The number of nitrogens with zero attached hydrogens (tertiary/aromatic N) is 2. The molecule has 12 aromatic carbocycles. The van der Waals surface area contributed by atoms with Crippen molar-refractivity contribution in [3.8, 4) is 89.6 Å². The summed E-state index contributed by atoms with van der Waals surface area (Å²) in [6.45, 7) is 23.4. The summed E-state index contributed by atoms with van der Waals surface area (Å²) in [5.41, 5.74) is 41.0. The number of nitrogens with two attached hydrogens (primary N) is 2. The molecule has 14 rings (SSSR count). The summed E-state index contributed by atoms with van der Waals surface area (Å²) in [6, 6.07) is 83.2. The summed E-state index contributed by atoms with van der Waals surface area (Å²) in [7, 11) is -1.35. The largest absolute Gasteiger partial charge is 0.508 e. The number of benzene rings is 12. The van der Waals surface area contributed by atoms with Gasteiger partial charge in [0.15, 0.2) is 33.4 Å². The number of halogens is 3. The fraction of sp³-hybridized carbons (Fsp3) is 0.146. The summed E-state index contributed by atoms with van der Waals surface area (Å²) in [6.07, 6.45) is 0. The van der Waals surface area contributed by atoms with Gasteiger partial charge in [-0.2, -0.15) is 0 Å². The predicted molar refractivity (Wildman–Crippen MR) is 488 cm³/mol. The van der Waals surface area contributed by atoms with E-state index in [4.69, 9.17) is 21.5 Å². The van der Waals surface area contributed by atoms with Crippen LogP contribution in [0.25, 0.3) is 78.1 Å². The minimum Gasteiger partial charge on any atom is -0.508 e. The molecule has 0 bridgehead atoms. The second-order valence-corrected chi connectivity index (χ2v) is 31.3. The third-order valence-corrected chi connectivity index (χ3v) is 21.3. The Balaban J connectivity index is 0.000000168. The maximum Gasteiger partial charge on any atom is 0.488 e. The van der Waals surface area contributed by atoms with Gasteiger partial charge in [-0.15, -0.1) is 22.7 Å². The highest BCUT2D eigenvalue weighted by molar-refractivity contribution is 9.10. The van der Waals surface area contributed by atoms with Crippen LogP contribution >= 0.6 is 70.5 Å². The smallest absolute Gasteiger partial charge is 0.488 e. The van der Waals surface area contributed by atoms with Gasteiger partial charge in [-0.05, 0) is 233 Å². The third-order valence-electron chi connectivity index (χ3n) is 18.5. The number of Topliss-reactive ketones (excluding diaryl/α,β-unsaturated/α-hetero) is 4. The molecule has 0 amide bonds. The van der Waals surface area contributed by atoms with Gasteiger partial charge in [0.05, 0.1) is 22.0 Å². The molecule has 0 unspecified atom stereocenters. The molecule has 0 fully saturated rings. The van der Waals surface area contributed by atoms with Crippen molar-refractivity contribution in [1.29, 1.82) is 0 Å². The SMILES string of the molecule is CC(=O)c1cc(-c2ccc(C)cc2)ccc1C.CC(=O)c1cc(Br)ccc1C.Cc1ccc(-c2ccc(C)c(-c3csc(N)n3)c2)cc1.Cc1ccc(-c2ccc(C)c(C(=O)CBr)c2)cc1.Cc1ccc(-c2ccc(C)c(C(=O)CBr)c2)cc1.Cc1ccc(B(O)O)cc1.Nc1nc(-c2cc(-c3ccc(O)cc3)ccc2O)cs1. The average molecular weight is 1740 g/mol. The van der Waals surface area contributed by atoms with Crippen LogP contribution in [0.15, 0.2) is 270 Å². The maximum atomic E-state index is 11.8. The quantitative estimate of drug-likeness (QED) is 0.0340. The molecule has 0 aliphatic carbocycles. The Bertz CT molecular complexity index is 5360. The van der Waals surface area contributed by atoms with Crippen LogP contribution in [-0.4, -0.2) is 71.1 Å². The lowest BCUT2D eigenvalue weighted by atomic mass is 9.80. The average Bonchev–Trinajstić information content (AvgIpc) is 1.52. The van der Waals surface area contributed by atoms with E-state index in [0.29, 0.717) is 37.6 Å². The van der Waals surface area contributed by atoms with Crippen LogP contribution in [0.2, 0.25) is 0 Å². The number of anilines is 2. The van der Waals surface area contributed by atoms with Crippen molar-refractivity contribution in [2.45, 2.75) is 83.1 Å². The van der Waals surface area contributed by atoms with Gasteiger partial charge >= 0.3 is 7.12 Å². The van der Waals surface area contributed by atoms with Crippen molar-refractivity contribution < 1.29 is 39.4 Å². The molecular weight excluding hydrogens is 1650 g/mol. The van der Waals surface area contributed by atoms with Gasteiger partial charge in [0.2, 0.25) is 0 Å². The Morgan fingerprint density at radius 2 is 0.632 bits per heavy atom. The molecule has 0 radical (unpaired) electrons. The Morgan fingerprint density at radius 3 is 0.965 bits per heavy atom. The van der Waals surface area contributed by atoms with Crippen LogP contribution in [0.5, 0.6) is 11.5 Å². The number of ketones is 4. The number of hydrogen-bond donors (Lipinski definition) is 6. The number of aromatic nitrogens is 2. The molecule has 12 nitrogen and oxygen atoms in total. The zero-order valence-electron chi connectivity index (χ0n) is 65.8. The highest BCUT2D eigenvalue weighted by Crippen LogP contribution is 2.36. The van der Waals surface area contributed by atoms with E-state index in [1.807, 2.05) is 136 Å². The van der Waals surface area contributed by atoms with Crippen molar-refractivity contribution in [3.63, 3.8) is 0 Å². The van der Waals surface area contributed by atoms with E-state index in [9.17, 15) is 29.4 Å². The zero-order chi connectivity index (χ0) is 82.9. The summed E-state index contributed by atoms with van der Waals surface area (Å²) in [5, 5.41) is 42.3. The van der Waals surface area contributed by atoms with Crippen molar-refractivity contribution in [2.75, 3.05) is 22.1 Å². The van der Waals surface area contributed by atoms with E-state index >= 15 is 0 Å². The maximum absolute atomic E-state index is 11.8. The molecule has 2 heterocycles. The Kier molecular flexibility index (Phi) is 33.4. The zero-order valence-corrected chi connectivity index (χ0v) is 72.2. The van der Waals surface area contributed by atoms with Crippen molar-refractivity contribution in [3.05, 3.63) is 348 Å². The van der Waals surface area contributed by atoms with Crippen molar-refractivity contribution in [2.24, 2.45) is 0 Å². The number of carbonyl (C=O) groups excluding carboxylic acids is 4. The fourth-order valence-electron chi connectivity index (χ4n) is 11.7. The number of hydrogen-bond acceptors (Lipinski definition) is 14. The highest BCUT2D eigenvalue weighted by Gasteiger charge is 2.16. The molecule has 0 spiro atoms. The Labute approximate surface area is 702 Å². The second-order valence-electron chi connectivity index (χ2n) is 27.5. The van der Waals surface area contributed by atoms with Gasteiger partial charge in [-0.1, -0.05) is 270 Å². The van der Waals surface area contributed by atoms with Crippen LogP contribution in [0.1, 0.15) is 111 Å². The minimum absolute atomic E-state index is 0.115. The molecule has 0 aliphatic rings. The number of alkyl halides is 2. The molecule has 14 aromatic rings. The molecule has 18 heteroatoms. The standard InChI is InChI=1S/C17H16N2S.2C16H15BrO.C16H16O.C15H12N2O2S.C9H9BrO.C7H9BO2/c1-11-3-6-13(7-4-11)14-8-5-12(2)15(9-14)16-10-20-17(18)19-16;2*1-11-3-6-13(7-4-11)14-8-5-12(2)15(9-14)16(18)10-17;1-11-4-7-14(8-5-11)15-9-6-12(2)16(10-15)13(3)17;16-15-17-13(8-20-15)12-7-10(3-6-14(12)19)9-1-4-11(18)5-2-9;1-6-3-4-8(10)5-9(6)7(2)11;1-6-2-4-7(5-3-6)8(9)10/h3-10H,1-2H3,(H2,18,19);2*3-9H,10H2,1-2H3;4-10H,1-3H3;1-8,18-19H,(H2,16,17);3-5H,1-2H3;2-5,9-10H,1H3. The van der Waals surface area contributed by atoms with Gasteiger partial charge in [-0.3, -0.25) is 19.2 Å². The van der Waals surface area contributed by atoms with E-state index in [2.05, 4.69) is 226 Å². The first-order valence-electron chi connectivity index (χ1n) is 36.5. The van der Waals surface area contributed by atoms with Gasteiger partial charge in [0, 0.05) is 48.6 Å².